The zero-order valence-corrected chi connectivity index (χ0v) is 14.1. The summed E-state index contributed by atoms with van der Waals surface area (Å²) >= 11 is 0. The van der Waals surface area contributed by atoms with E-state index in [1.807, 2.05) is 0 Å². The fourth-order valence-electron chi connectivity index (χ4n) is 2.12. The highest BCUT2D eigenvalue weighted by atomic mass is 16.3. The van der Waals surface area contributed by atoms with Gasteiger partial charge < -0.3 is 27.2 Å². The van der Waals surface area contributed by atoms with E-state index >= 15 is 0 Å². The van der Waals surface area contributed by atoms with Crippen molar-refractivity contribution in [1.29, 1.82) is 0 Å². The molecule has 0 heterocycles. The van der Waals surface area contributed by atoms with E-state index in [2.05, 4.69) is 21.2 Å². The molecule has 0 saturated carbocycles. The fraction of sp³-hybridized carbons (Fsp3) is 0.118. The van der Waals surface area contributed by atoms with Crippen molar-refractivity contribution in [2.45, 2.75) is 13.2 Å². The minimum absolute atomic E-state index is 0.124. The van der Waals surface area contributed by atoms with Gasteiger partial charge in [0.2, 0.25) is 0 Å². The van der Waals surface area contributed by atoms with Crippen LogP contribution in [0.2, 0.25) is 0 Å². The summed E-state index contributed by atoms with van der Waals surface area (Å²) in [5, 5.41) is 19.4. The molecule has 0 radical (unpaired) electrons. The van der Waals surface area contributed by atoms with E-state index in [1.54, 1.807) is 48.5 Å². The summed E-state index contributed by atoms with van der Waals surface area (Å²) in [4.78, 5) is 22.7. The number of ketones is 1. The summed E-state index contributed by atoms with van der Waals surface area (Å²) < 4.78 is 0. The predicted molar refractivity (Wildman–Crippen MR) is 102 cm³/mol. The number of anilines is 4. The molecule has 2 rings (SSSR count). The summed E-state index contributed by atoms with van der Waals surface area (Å²) in [6.45, 7) is 1.29. The van der Waals surface area contributed by atoms with Gasteiger partial charge in [-0.05, 0) is 36.4 Å². The topological polar surface area (TPSA) is 155 Å². The Balaban J connectivity index is 2.13. The summed E-state index contributed by atoms with van der Waals surface area (Å²) in [6.07, 6.45) is -1.34. The average molecular weight is 356 g/mol. The average Bonchev–Trinajstić information content (AvgIpc) is 2.54. The zero-order valence-electron chi connectivity index (χ0n) is 14.1. The highest BCUT2D eigenvalue weighted by molar-refractivity contribution is 6.41. The quantitative estimate of drug-likeness (QED) is 0.191. The number of urea groups is 1. The number of nitrogen functional groups attached to an aromatic ring is 1. The third kappa shape index (κ3) is 5.49. The van der Waals surface area contributed by atoms with Crippen LogP contribution in [0.5, 0.6) is 0 Å². The molecule has 136 valence electrons. The molecule has 0 fully saturated rings. The number of hydrogen-bond acceptors (Lipinski definition) is 7. The van der Waals surface area contributed by atoms with Crippen molar-refractivity contribution in [3.63, 3.8) is 0 Å². The van der Waals surface area contributed by atoms with Crippen LogP contribution in [0.15, 0.2) is 53.6 Å². The first-order valence-corrected chi connectivity index (χ1v) is 7.66. The summed E-state index contributed by atoms with van der Waals surface area (Å²) in [6, 6.07) is 12.6. The van der Waals surface area contributed by atoms with Gasteiger partial charge >= 0.3 is 6.03 Å². The van der Waals surface area contributed by atoms with Gasteiger partial charge in [0, 0.05) is 24.0 Å². The molecule has 0 bridgehead atoms. The van der Waals surface area contributed by atoms with Crippen molar-refractivity contribution in [2.24, 2.45) is 10.8 Å². The number of benzene rings is 2. The molecule has 9 heteroatoms. The van der Waals surface area contributed by atoms with E-state index in [4.69, 9.17) is 11.5 Å². The van der Waals surface area contributed by atoms with Crippen molar-refractivity contribution in [3.8, 4) is 0 Å². The first-order chi connectivity index (χ1) is 12.3. The van der Waals surface area contributed by atoms with Crippen LogP contribution in [-0.4, -0.2) is 28.9 Å². The van der Waals surface area contributed by atoms with Crippen LogP contribution in [0.3, 0.4) is 0 Å². The molecule has 2 amide bonds. The Bertz CT molecular complexity index is 837. The number of Topliss-reactive ketones (excluding diaryl/α,β-unsaturated/α-hetero) is 1. The smallest absolute Gasteiger partial charge is 0.316 e. The molecule has 0 spiro atoms. The van der Waals surface area contributed by atoms with Crippen molar-refractivity contribution < 1.29 is 14.7 Å². The summed E-state index contributed by atoms with van der Waals surface area (Å²) in [7, 11) is 0. The number of nitrogens with two attached hydrogens (primary N) is 2. The second-order valence-corrected chi connectivity index (χ2v) is 5.41. The van der Waals surface area contributed by atoms with Crippen LogP contribution in [0.25, 0.3) is 0 Å². The highest BCUT2D eigenvalue weighted by Gasteiger charge is 2.17. The van der Waals surface area contributed by atoms with Crippen LogP contribution in [0.1, 0.15) is 6.92 Å². The number of aliphatic hydroxyl groups is 1. The van der Waals surface area contributed by atoms with Gasteiger partial charge in [-0.1, -0.05) is 12.1 Å². The van der Waals surface area contributed by atoms with E-state index in [-0.39, 0.29) is 5.71 Å². The Morgan fingerprint density at radius 3 is 2.38 bits per heavy atom. The molecule has 1 atom stereocenters. The third-order valence-corrected chi connectivity index (χ3v) is 3.25. The Morgan fingerprint density at radius 2 is 1.73 bits per heavy atom. The van der Waals surface area contributed by atoms with Gasteiger partial charge in [-0.15, -0.1) is 0 Å². The molecular weight excluding hydrogens is 336 g/mol. The SMILES string of the molecule is CC(=O)/C(=N/Nc1cccc(NC(N)=O)c1)C(O)Nc1cccc(N)c1. The first-order valence-electron chi connectivity index (χ1n) is 7.66. The highest BCUT2D eigenvalue weighted by Crippen LogP contribution is 2.16. The van der Waals surface area contributed by atoms with Gasteiger partial charge in [0.05, 0.1) is 5.69 Å². The van der Waals surface area contributed by atoms with Crippen molar-refractivity contribution in [2.75, 3.05) is 21.8 Å². The van der Waals surface area contributed by atoms with Crippen molar-refractivity contribution in [3.05, 3.63) is 48.5 Å². The van der Waals surface area contributed by atoms with Gasteiger partial charge in [0.25, 0.3) is 0 Å². The number of nitrogens with one attached hydrogen (secondary N) is 3. The number of carbonyl (C=O) groups is 2. The lowest BCUT2D eigenvalue weighted by atomic mass is 10.2. The van der Waals surface area contributed by atoms with E-state index in [1.165, 1.54) is 6.92 Å². The second kappa shape index (κ2) is 8.49. The molecule has 0 saturated heterocycles. The maximum absolute atomic E-state index is 11.8. The van der Waals surface area contributed by atoms with Gasteiger partial charge in [-0.25, -0.2) is 4.79 Å². The molecule has 0 aliphatic carbocycles. The molecule has 9 nitrogen and oxygen atoms in total. The van der Waals surface area contributed by atoms with Crippen molar-refractivity contribution >= 4 is 40.3 Å². The molecule has 0 aliphatic rings. The van der Waals surface area contributed by atoms with Crippen LogP contribution < -0.4 is 27.5 Å². The Morgan fingerprint density at radius 1 is 1.08 bits per heavy atom. The monoisotopic (exact) mass is 356 g/mol. The molecule has 1 unspecified atom stereocenters. The van der Waals surface area contributed by atoms with E-state index in [9.17, 15) is 14.7 Å². The lowest BCUT2D eigenvalue weighted by Gasteiger charge is -2.15. The lowest BCUT2D eigenvalue weighted by molar-refractivity contribution is -0.111. The third-order valence-electron chi connectivity index (χ3n) is 3.25. The lowest BCUT2D eigenvalue weighted by Crippen LogP contribution is -2.34. The van der Waals surface area contributed by atoms with Crippen LogP contribution >= 0.6 is 0 Å². The number of nitrogens with zero attached hydrogens (tertiary/aromatic N) is 1. The van der Waals surface area contributed by atoms with E-state index in [0.29, 0.717) is 22.7 Å². The number of hydrogen-bond donors (Lipinski definition) is 6. The normalized spacial score (nSPS) is 12.2. The summed E-state index contributed by atoms with van der Waals surface area (Å²) in [5.74, 6) is -0.423. The summed E-state index contributed by atoms with van der Waals surface area (Å²) in [5.41, 5.74) is 15.3. The largest absolute Gasteiger partial charge is 0.399 e. The molecule has 0 aromatic heterocycles. The molecule has 26 heavy (non-hydrogen) atoms. The Labute approximate surface area is 150 Å². The second-order valence-electron chi connectivity index (χ2n) is 5.41. The number of carbonyl (C=O) groups excluding carboxylic acids is 2. The van der Waals surface area contributed by atoms with Crippen LogP contribution in [-0.2, 0) is 4.79 Å². The number of rotatable bonds is 7. The molecule has 2 aromatic carbocycles. The first kappa shape index (κ1) is 18.7. The maximum Gasteiger partial charge on any atom is 0.316 e. The Kier molecular flexibility index (Phi) is 6.12. The van der Waals surface area contributed by atoms with Gasteiger partial charge in [-0.3, -0.25) is 10.2 Å². The van der Waals surface area contributed by atoms with Crippen molar-refractivity contribution in [1.82, 2.24) is 0 Å². The molecule has 2 aromatic rings. The number of aliphatic hydroxyl groups excluding tert-OH is 1. The van der Waals surface area contributed by atoms with E-state index < -0.39 is 18.0 Å². The fourth-order valence-corrected chi connectivity index (χ4v) is 2.12. The maximum atomic E-state index is 11.8. The van der Waals surface area contributed by atoms with Gasteiger partial charge in [0.1, 0.15) is 0 Å². The predicted octanol–water partition coefficient (Wildman–Crippen LogP) is 1.55. The Hall–Kier alpha value is -3.59. The molecular formula is C17H20N6O3. The van der Waals surface area contributed by atoms with Gasteiger partial charge in [0.15, 0.2) is 17.7 Å². The van der Waals surface area contributed by atoms with Crippen LogP contribution in [0.4, 0.5) is 27.5 Å². The molecule has 8 N–H and O–H groups in total. The number of hydrazone groups is 1. The van der Waals surface area contributed by atoms with Crippen LogP contribution in [0, 0.1) is 0 Å². The van der Waals surface area contributed by atoms with E-state index in [0.717, 1.165) is 0 Å². The number of primary amides is 1. The minimum atomic E-state index is -1.34. The zero-order chi connectivity index (χ0) is 19.1. The molecule has 0 aliphatic heterocycles. The van der Waals surface area contributed by atoms with Gasteiger partial charge in [-0.2, -0.15) is 5.10 Å². The standard InChI is InChI=1S/C17H20N6O3/c1-10(24)15(16(25)20-12-5-2-4-11(18)8-12)23-22-14-7-3-6-13(9-14)21-17(19)26/h2-9,16,20,22,25H,18H2,1H3,(H3,19,21,26)/b23-15-. The minimum Gasteiger partial charge on any atom is -0.399 e. The number of amides is 2.